The van der Waals surface area contributed by atoms with Crippen molar-refractivity contribution < 1.29 is 5.11 Å². The third-order valence-electron chi connectivity index (χ3n) is 4.07. The molecule has 2 aromatic heterocycles. The summed E-state index contributed by atoms with van der Waals surface area (Å²) in [7, 11) is 0. The van der Waals surface area contributed by atoms with Crippen LogP contribution in [0, 0.1) is 0 Å². The molecule has 2 unspecified atom stereocenters. The van der Waals surface area contributed by atoms with Crippen molar-refractivity contribution in [3.8, 4) is 0 Å². The summed E-state index contributed by atoms with van der Waals surface area (Å²) in [5.74, 6) is 0.756. The minimum Gasteiger partial charge on any atom is -0.391 e. The Labute approximate surface area is 133 Å². The van der Waals surface area contributed by atoms with Gasteiger partial charge in [0.1, 0.15) is 10.6 Å². The molecule has 3 rings (SSSR count). The summed E-state index contributed by atoms with van der Waals surface area (Å²) in [5.41, 5.74) is 0. The molecule has 0 aliphatic heterocycles. The smallest absolute Gasteiger partial charge is 0.225 e. The molecule has 2 aromatic rings. The molecule has 1 aliphatic rings. The maximum atomic E-state index is 10.3. The van der Waals surface area contributed by atoms with E-state index in [1.54, 1.807) is 11.3 Å². The molecular weight excluding hydrogens is 306 g/mol. The van der Waals surface area contributed by atoms with Gasteiger partial charge in [-0.05, 0) is 36.9 Å². The summed E-state index contributed by atoms with van der Waals surface area (Å²) in [6.07, 6.45) is 5.90. The summed E-state index contributed by atoms with van der Waals surface area (Å²) in [6.45, 7) is 2.13. The number of hydrogen-bond acceptors (Lipinski definition) is 5. The topological polar surface area (TPSA) is 58.0 Å². The van der Waals surface area contributed by atoms with E-state index < -0.39 is 0 Å². The Hall–Kier alpha value is -0.910. The molecule has 0 bridgehead atoms. The second-order valence-electron chi connectivity index (χ2n) is 5.58. The molecule has 1 fully saturated rings. The standard InChI is InChI=1S/C15H20ClN3OS/c1-2-9-8-10-13(18-15(16)19-14(10)21-9)17-11-6-4-3-5-7-12(11)20/h8,11-12,20H,2-7H2,1H3,(H,17,18,19). The van der Waals surface area contributed by atoms with Crippen molar-refractivity contribution in [1.29, 1.82) is 0 Å². The summed E-state index contributed by atoms with van der Waals surface area (Å²) in [6, 6.07) is 2.17. The fraction of sp³-hybridized carbons (Fsp3) is 0.600. The van der Waals surface area contributed by atoms with E-state index in [0.717, 1.165) is 48.1 Å². The molecule has 2 atom stereocenters. The molecule has 0 saturated heterocycles. The predicted molar refractivity (Wildman–Crippen MR) is 88.3 cm³/mol. The lowest BCUT2D eigenvalue weighted by Crippen LogP contribution is -2.32. The Morgan fingerprint density at radius 1 is 1.33 bits per heavy atom. The van der Waals surface area contributed by atoms with E-state index in [1.807, 2.05) is 0 Å². The molecule has 1 saturated carbocycles. The highest BCUT2D eigenvalue weighted by molar-refractivity contribution is 7.18. The van der Waals surface area contributed by atoms with Crippen LogP contribution in [0.15, 0.2) is 6.07 Å². The van der Waals surface area contributed by atoms with Gasteiger partial charge in [-0.25, -0.2) is 9.97 Å². The molecule has 2 heterocycles. The van der Waals surface area contributed by atoms with Crippen LogP contribution < -0.4 is 5.32 Å². The highest BCUT2D eigenvalue weighted by atomic mass is 35.5. The summed E-state index contributed by atoms with van der Waals surface area (Å²) in [5, 5.41) is 15.0. The minimum atomic E-state index is -0.319. The maximum absolute atomic E-state index is 10.3. The van der Waals surface area contributed by atoms with Crippen molar-refractivity contribution in [2.75, 3.05) is 5.32 Å². The second-order valence-corrected chi connectivity index (χ2v) is 7.04. The van der Waals surface area contributed by atoms with Crippen LogP contribution in [0.25, 0.3) is 10.2 Å². The van der Waals surface area contributed by atoms with Crippen LogP contribution in [-0.4, -0.2) is 27.2 Å². The van der Waals surface area contributed by atoms with E-state index in [4.69, 9.17) is 11.6 Å². The van der Waals surface area contributed by atoms with E-state index in [0.29, 0.717) is 0 Å². The molecule has 21 heavy (non-hydrogen) atoms. The zero-order chi connectivity index (χ0) is 14.8. The van der Waals surface area contributed by atoms with E-state index in [1.165, 1.54) is 11.3 Å². The number of aliphatic hydroxyl groups is 1. The number of hydrogen-bond donors (Lipinski definition) is 2. The lowest BCUT2D eigenvalue weighted by atomic mass is 10.1. The normalized spacial score (nSPS) is 23.2. The van der Waals surface area contributed by atoms with Gasteiger partial charge in [0.2, 0.25) is 5.28 Å². The largest absolute Gasteiger partial charge is 0.391 e. The fourth-order valence-electron chi connectivity index (χ4n) is 2.86. The molecule has 1 aliphatic carbocycles. The molecule has 0 aromatic carbocycles. The number of anilines is 1. The van der Waals surface area contributed by atoms with Gasteiger partial charge in [0.15, 0.2) is 0 Å². The van der Waals surface area contributed by atoms with Crippen molar-refractivity contribution in [3.05, 3.63) is 16.2 Å². The Morgan fingerprint density at radius 2 is 2.14 bits per heavy atom. The van der Waals surface area contributed by atoms with Crippen LogP contribution in [0.2, 0.25) is 5.28 Å². The third kappa shape index (κ3) is 3.30. The minimum absolute atomic E-state index is 0.0478. The van der Waals surface area contributed by atoms with E-state index in [-0.39, 0.29) is 17.4 Å². The van der Waals surface area contributed by atoms with Crippen LogP contribution in [0.5, 0.6) is 0 Å². The Kier molecular flexibility index (Phi) is 4.62. The number of nitrogens with one attached hydrogen (secondary N) is 1. The van der Waals surface area contributed by atoms with Gasteiger partial charge in [0.25, 0.3) is 0 Å². The lowest BCUT2D eigenvalue weighted by molar-refractivity contribution is 0.144. The number of thiophene rings is 1. The Bertz CT molecular complexity index is 631. The van der Waals surface area contributed by atoms with Crippen molar-refractivity contribution in [3.63, 3.8) is 0 Å². The van der Waals surface area contributed by atoms with Crippen LogP contribution in [0.3, 0.4) is 0 Å². The van der Waals surface area contributed by atoms with E-state index >= 15 is 0 Å². The highest BCUT2D eigenvalue weighted by Crippen LogP contribution is 2.32. The number of rotatable bonds is 3. The van der Waals surface area contributed by atoms with Gasteiger partial charge < -0.3 is 10.4 Å². The molecule has 0 spiro atoms. The quantitative estimate of drug-likeness (QED) is 0.661. The predicted octanol–water partition coefficient (Wildman–Crippen LogP) is 4.01. The number of fused-ring (bicyclic) bond motifs is 1. The SMILES string of the molecule is CCc1cc2c(NC3CCCCCC3O)nc(Cl)nc2s1. The first kappa shape index (κ1) is 15.0. The monoisotopic (exact) mass is 325 g/mol. The number of aromatic nitrogens is 2. The summed E-state index contributed by atoms with van der Waals surface area (Å²) < 4.78 is 0. The first-order chi connectivity index (χ1) is 10.2. The molecular formula is C15H20ClN3OS. The Morgan fingerprint density at radius 3 is 2.95 bits per heavy atom. The van der Waals surface area contributed by atoms with Crippen LogP contribution >= 0.6 is 22.9 Å². The average molecular weight is 326 g/mol. The molecule has 4 nitrogen and oxygen atoms in total. The molecule has 0 amide bonds. The zero-order valence-corrected chi connectivity index (χ0v) is 13.7. The van der Waals surface area contributed by atoms with Crippen molar-refractivity contribution in [2.45, 2.75) is 57.6 Å². The van der Waals surface area contributed by atoms with Crippen LogP contribution in [0.1, 0.15) is 43.9 Å². The molecule has 6 heteroatoms. The van der Waals surface area contributed by atoms with Gasteiger partial charge in [-0.15, -0.1) is 11.3 Å². The zero-order valence-electron chi connectivity index (χ0n) is 12.1. The van der Waals surface area contributed by atoms with Gasteiger partial charge in [-0.1, -0.05) is 26.2 Å². The van der Waals surface area contributed by atoms with Crippen molar-refractivity contribution in [2.24, 2.45) is 0 Å². The van der Waals surface area contributed by atoms with Crippen molar-refractivity contribution in [1.82, 2.24) is 9.97 Å². The van der Waals surface area contributed by atoms with Gasteiger partial charge in [0.05, 0.1) is 17.5 Å². The van der Waals surface area contributed by atoms with Crippen molar-refractivity contribution >= 4 is 39.0 Å². The number of aryl methyl sites for hydroxylation is 1. The first-order valence-corrected chi connectivity index (χ1v) is 8.77. The van der Waals surface area contributed by atoms with E-state index in [2.05, 4.69) is 28.3 Å². The summed E-state index contributed by atoms with van der Waals surface area (Å²) in [4.78, 5) is 10.8. The second kappa shape index (κ2) is 6.46. The number of halogens is 1. The summed E-state index contributed by atoms with van der Waals surface area (Å²) >= 11 is 7.70. The van der Waals surface area contributed by atoms with Gasteiger partial charge >= 0.3 is 0 Å². The third-order valence-corrected chi connectivity index (χ3v) is 5.41. The van der Waals surface area contributed by atoms with Crippen LogP contribution in [-0.2, 0) is 6.42 Å². The first-order valence-electron chi connectivity index (χ1n) is 7.58. The number of nitrogens with zero attached hydrogens (tertiary/aromatic N) is 2. The molecule has 2 N–H and O–H groups in total. The highest BCUT2D eigenvalue weighted by Gasteiger charge is 2.23. The van der Waals surface area contributed by atoms with Gasteiger partial charge in [0, 0.05) is 4.88 Å². The number of aliphatic hydroxyl groups excluding tert-OH is 1. The van der Waals surface area contributed by atoms with Gasteiger partial charge in [-0.3, -0.25) is 0 Å². The van der Waals surface area contributed by atoms with Crippen LogP contribution in [0.4, 0.5) is 5.82 Å². The Balaban J connectivity index is 1.93. The molecule has 0 radical (unpaired) electrons. The maximum Gasteiger partial charge on any atom is 0.225 e. The lowest BCUT2D eigenvalue weighted by Gasteiger charge is -2.22. The average Bonchev–Trinajstić information content (AvgIpc) is 2.77. The van der Waals surface area contributed by atoms with Gasteiger partial charge in [-0.2, -0.15) is 0 Å². The molecule has 114 valence electrons. The van der Waals surface area contributed by atoms with E-state index in [9.17, 15) is 5.11 Å². The fourth-order valence-corrected chi connectivity index (χ4v) is 4.05.